The second kappa shape index (κ2) is 6.36. The van der Waals surface area contributed by atoms with Gasteiger partial charge in [0.2, 0.25) is 5.91 Å². The lowest BCUT2D eigenvalue weighted by Crippen LogP contribution is -2.33. The molecule has 6 nitrogen and oxygen atoms in total. The highest BCUT2D eigenvalue weighted by molar-refractivity contribution is 5.79. The first-order valence-electron chi connectivity index (χ1n) is 6.90. The number of aromatic nitrogens is 4. The summed E-state index contributed by atoms with van der Waals surface area (Å²) in [6.07, 6.45) is 8.08. The van der Waals surface area contributed by atoms with E-state index in [1.807, 2.05) is 42.3 Å². The van der Waals surface area contributed by atoms with E-state index in [-0.39, 0.29) is 11.9 Å². The smallest absolute Gasteiger partial charge is 0.242 e. The highest BCUT2D eigenvalue weighted by Gasteiger charge is 2.16. The first-order valence-corrected chi connectivity index (χ1v) is 6.90. The summed E-state index contributed by atoms with van der Waals surface area (Å²) in [4.78, 5) is 20.5. The summed E-state index contributed by atoms with van der Waals surface area (Å²) in [5, 5.41) is 2.95. The average Bonchev–Trinajstić information content (AvgIpc) is 3.07. The molecule has 2 heterocycles. The summed E-state index contributed by atoms with van der Waals surface area (Å²) in [6, 6.07) is -0.240. The molecule has 0 aliphatic carbocycles. The van der Waals surface area contributed by atoms with Crippen LogP contribution in [0.1, 0.15) is 31.5 Å². The third kappa shape index (κ3) is 3.07. The van der Waals surface area contributed by atoms with Crippen LogP contribution in [0.4, 0.5) is 0 Å². The van der Waals surface area contributed by atoms with Crippen molar-refractivity contribution in [2.75, 3.05) is 6.54 Å². The molecular weight excluding hydrogens is 254 g/mol. The van der Waals surface area contributed by atoms with Crippen molar-refractivity contribution in [3.05, 3.63) is 36.4 Å². The van der Waals surface area contributed by atoms with Gasteiger partial charge < -0.3 is 14.5 Å². The zero-order valence-electron chi connectivity index (χ0n) is 12.2. The maximum atomic E-state index is 12.1. The lowest BCUT2D eigenvalue weighted by Gasteiger charge is -2.16. The van der Waals surface area contributed by atoms with Crippen LogP contribution in [0.2, 0.25) is 0 Å². The second-order valence-electron chi connectivity index (χ2n) is 4.74. The molecule has 1 N–H and O–H groups in total. The number of carbonyl (C=O) groups excluding carboxylic acids is 1. The zero-order chi connectivity index (χ0) is 14.5. The SMILES string of the molecule is CCc1nccn1C(C)C(=O)NCCn1ccnc1C. The Labute approximate surface area is 118 Å². The lowest BCUT2D eigenvalue weighted by atomic mass is 10.3. The molecule has 0 aromatic carbocycles. The van der Waals surface area contributed by atoms with Gasteiger partial charge in [0.25, 0.3) is 0 Å². The lowest BCUT2D eigenvalue weighted by molar-refractivity contribution is -0.123. The molecule has 0 saturated heterocycles. The molecule has 1 unspecified atom stereocenters. The molecule has 2 aromatic rings. The van der Waals surface area contributed by atoms with E-state index in [1.165, 1.54) is 0 Å². The molecule has 6 heteroatoms. The van der Waals surface area contributed by atoms with E-state index in [1.54, 1.807) is 12.4 Å². The van der Waals surface area contributed by atoms with E-state index in [4.69, 9.17) is 0 Å². The first kappa shape index (κ1) is 14.3. The summed E-state index contributed by atoms with van der Waals surface area (Å²) in [6.45, 7) is 7.19. The van der Waals surface area contributed by atoms with Crippen LogP contribution in [0.15, 0.2) is 24.8 Å². The minimum atomic E-state index is -0.240. The molecule has 0 aliphatic heterocycles. The third-order valence-corrected chi connectivity index (χ3v) is 3.44. The van der Waals surface area contributed by atoms with Crippen molar-refractivity contribution in [2.24, 2.45) is 0 Å². The van der Waals surface area contributed by atoms with Crippen LogP contribution < -0.4 is 5.32 Å². The van der Waals surface area contributed by atoms with Crippen molar-refractivity contribution in [3.8, 4) is 0 Å². The monoisotopic (exact) mass is 275 g/mol. The molecule has 108 valence electrons. The first-order chi connectivity index (χ1) is 9.63. The van der Waals surface area contributed by atoms with Crippen LogP contribution in [-0.2, 0) is 17.8 Å². The van der Waals surface area contributed by atoms with Gasteiger partial charge in [-0.3, -0.25) is 4.79 Å². The minimum absolute atomic E-state index is 0.00969. The molecule has 1 amide bonds. The number of aryl methyl sites for hydroxylation is 2. The van der Waals surface area contributed by atoms with Crippen LogP contribution >= 0.6 is 0 Å². The number of hydrogen-bond donors (Lipinski definition) is 1. The fraction of sp³-hybridized carbons (Fsp3) is 0.500. The zero-order valence-corrected chi connectivity index (χ0v) is 12.2. The Hall–Kier alpha value is -2.11. The van der Waals surface area contributed by atoms with Gasteiger partial charge in [-0.25, -0.2) is 9.97 Å². The Bertz CT molecular complexity index is 572. The number of imidazole rings is 2. The second-order valence-corrected chi connectivity index (χ2v) is 4.74. The van der Waals surface area contributed by atoms with Gasteiger partial charge in [-0.15, -0.1) is 0 Å². The highest BCUT2D eigenvalue weighted by atomic mass is 16.2. The van der Waals surface area contributed by atoms with E-state index >= 15 is 0 Å². The molecule has 1 atom stereocenters. The van der Waals surface area contributed by atoms with E-state index in [9.17, 15) is 4.79 Å². The Morgan fingerprint density at radius 1 is 1.35 bits per heavy atom. The molecule has 0 bridgehead atoms. The summed E-state index contributed by atoms with van der Waals surface area (Å²) >= 11 is 0. The third-order valence-electron chi connectivity index (χ3n) is 3.44. The molecule has 0 aliphatic rings. The summed E-state index contributed by atoms with van der Waals surface area (Å²) in [5.41, 5.74) is 0. The van der Waals surface area contributed by atoms with Gasteiger partial charge in [0.05, 0.1) is 0 Å². The quantitative estimate of drug-likeness (QED) is 0.865. The topological polar surface area (TPSA) is 64.7 Å². The number of amides is 1. The van der Waals surface area contributed by atoms with Crippen LogP contribution in [0, 0.1) is 6.92 Å². The molecule has 2 rings (SSSR count). The summed E-state index contributed by atoms with van der Waals surface area (Å²) in [5.74, 6) is 1.89. The van der Waals surface area contributed by atoms with Crippen molar-refractivity contribution in [2.45, 2.75) is 39.8 Å². The van der Waals surface area contributed by atoms with Crippen molar-refractivity contribution in [1.82, 2.24) is 24.4 Å². The molecule has 2 aromatic heterocycles. The van der Waals surface area contributed by atoms with E-state index in [0.717, 1.165) is 24.6 Å². The maximum Gasteiger partial charge on any atom is 0.242 e. The standard InChI is InChI=1S/C14H21N5O/c1-4-13-16-7-10-19(13)11(2)14(20)17-6-9-18-8-5-15-12(18)3/h5,7-8,10-11H,4,6,9H2,1-3H3,(H,17,20). The average molecular weight is 275 g/mol. The highest BCUT2D eigenvalue weighted by Crippen LogP contribution is 2.09. The number of nitrogens with one attached hydrogen (secondary N) is 1. The normalized spacial score (nSPS) is 12.3. The van der Waals surface area contributed by atoms with Crippen LogP contribution in [0.5, 0.6) is 0 Å². The van der Waals surface area contributed by atoms with E-state index in [2.05, 4.69) is 15.3 Å². The molecule has 0 fully saturated rings. The number of carbonyl (C=O) groups is 1. The molecule has 20 heavy (non-hydrogen) atoms. The maximum absolute atomic E-state index is 12.1. The van der Waals surface area contributed by atoms with Gasteiger partial charge in [-0.1, -0.05) is 6.92 Å². The summed E-state index contributed by atoms with van der Waals surface area (Å²) in [7, 11) is 0. The number of hydrogen-bond acceptors (Lipinski definition) is 3. The largest absolute Gasteiger partial charge is 0.353 e. The van der Waals surface area contributed by atoms with Crippen LogP contribution in [-0.4, -0.2) is 31.6 Å². The van der Waals surface area contributed by atoms with Gasteiger partial charge in [0.15, 0.2) is 0 Å². The number of rotatable bonds is 6. The Balaban J connectivity index is 1.87. The Kier molecular flexibility index (Phi) is 4.55. The van der Waals surface area contributed by atoms with Crippen molar-refractivity contribution in [3.63, 3.8) is 0 Å². The van der Waals surface area contributed by atoms with Crippen LogP contribution in [0.25, 0.3) is 0 Å². The van der Waals surface area contributed by atoms with Gasteiger partial charge in [0, 0.05) is 44.3 Å². The van der Waals surface area contributed by atoms with Gasteiger partial charge >= 0.3 is 0 Å². The minimum Gasteiger partial charge on any atom is -0.353 e. The Morgan fingerprint density at radius 3 is 2.75 bits per heavy atom. The van der Waals surface area contributed by atoms with Crippen LogP contribution in [0.3, 0.4) is 0 Å². The van der Waals surface area contributed by atoms with Gasteiger partial charge in [0.1, 0.15) is 17.7 Å². The van der Waals surface area contributed by atoms with Gasteiger partial charge in [-0.05, 0) is 13.8 Å². The van der Waals surface area contributed by atoms with Gasteiger partial charge in [-0.2, -0.15) is 0 Å². The Morgan fingerprint density at radius 2 is 2.10 bits per heavy atom. The van der Waals surface area contributed by atoms with Crippen molar-refractivity contribution < 1.29 is 4.79 Å². The molecule has 0 radical (unpaired) electrons. The van der Waals surface area contributed by atoms with E-state index < -0.39 is 0 Å². The van der Waals surface area contributed by atoms with E-state index in [0.29, 0.717) is 6.54 Å². The predicted octanol–water partition coefficient (Wildman–Crippen LogP) is 1.33. The predicted molar refractivity (Wildman–Crippen MR) is 76.3 cm³/mol. The molecule has 0 spiro atoms. The summed E-state index contributed by atoms with van der Waals surface area (Å²) < 4.78 is 3.93. The van der Waals surface area contributed by atoms with Crippen molar-refractivity contribution in [1.29, 1.82) is 0 Å². The molecular formula is C14H21N5O. The fourth-order valence-electron chi connectivity index (χ4n) is 2.18. The fourth-order valence-corrected chi connectivity index (χ4v) is 2.18. The van der Waals surface area contributed by atoms with Crippen molar-refractivity contribution >= 4 is 5.91 Å². The number of nitrogens with zero attached hydrogens (tertiary/aromatic N) is 4. The molecule has 0 saturated carbocycles.